The number of benzene rings is 1. The predicted octanol–water partition coefficient (Wildman–Crippen LogP) is 2.53. The van der Waals surface area contributed by atoms with Crippen LogP contribution in [0.2, 0.25) is 0 Å². The van der Waals surface area contributed by atoms with Crippen LogP contribution in [-0.2, 0) is 19.0 Å². The minimum atomic E-state index is -0.575. The van der Waals surface area contributed by atoms with Gasteiger partial charge < -0.3 is 29.3 Å². The third-order valence-electron chi connectivity index (χ3n) is 4.68. The molecule has 0 radical (unpaired) electrons. The smallest absolute Gasteiger partial charge is 0.410 e. The van der Waals surface area contributed by atoms with Crippen LogP contribution in [0.5, 0.6) is 0 Å². The van der Waals surface area contributed by atoms with E-state index in [-0.39, 0.29) is 36.8 Å². The third kappa shape index (κ3) is 7.96. The Balaban J connectivity index is 1.99. The molecule has 0 bridgehead atoms. The lowest BCUT2D eigenvalue weighted by Crippen LogP contribution is -2.52. The van der Waals surface area contributed by atoms with Gasteiger partial charge in [-0.1, -0.05) is 0 Å². The summed E-state index contributed by atoms with van der Waals surface area (Å²) in [7, 11) is 0. The van der Waals surface area contributed by atoms with Crippen molar-refractivity contribution in [1.82, 2.24) is 9.80 Å². The summed E-state index contributed by atoms with van der Waals surface area (Å²) in [5.74, 6) is -1.31. The normalized spacial score (nSPS) is 13.8. The lowest BCUT2D eigenvalue weighted by atomic mass is 10.1. The van der Waals surface area contributed by atoms with Gasteiger partial charge in [-0.25, -0.2) is 14.4 Å². The molecule has 10 heteroatoms. The monoisotopic (exact) mass is 463 g/mol. The molecule has 0 saturated carbocycles. The van der Waals surface area contributed by atoms with E-state index in [2.05, 4.69) is 5.32 Å². The van der Waals surface area contributed by atoms with Crippen molar-refractivity contribution in [1.29, 1.82) is 0 Å². The number of ether oxygens (including phenoxy) is 3. The first-order chi connectivity index (χ1) is 15.5. The molecule has 0 aliphatic carbocycles. The van der Waals surface area contributed by atoms with Gasteiger partial charge in [-0.15, -0.1) is 0 Å². The number of hydrogen-bond donors (Lipinski definition) is 1. The van der Waals surface area contributed by atoms with Gasteiger partial charge in [0.2, 0.25) is 5.91 Å². The molecule has 2 amide bonds. The fraction of sp³-hybridized carbons (Fsp3) is 0.565. The van der Waals surface area contributed by atoms with Crippen LogP contribution < -0.4 is 5.32 Å². The first-order valence-electron chi connectivity index (χ1n) is 11.0. The van der Waals surface area contributed by atoms with Crippen LogP contribution >= 0.6 is 0 Å². The number of piperazine rings is 1. The van der Waals surface area contributed by atoms with Gasteiger partial charge in [-0.3, -0.25) is 4.79 Å². The van der Waals surface area contributed by atoms with Crippen molar-refractivity contribution >= 4 is 29.6 Å². The molecule has 1 aromatic carbocycles. The highest BCUT2D eigenvalue weighted by Crippen LogP contribution is 2.18. The molecule has 0 spiro atoms. The minimum absolute atomic E-state index is 0.0407. The van der Waals surface area contributed by atoms with E-state index >= 15 is 0 Å². The highest BCUT2D eigenvalue weighted by Gasteiger charge is 2.27. The first-order valence-corrected chi connectivity index (χ1v) is 11.0. The largest absolute Gasteiger partial charge is 0.462 e. The van der Waals surface area contributed by atoms with Crippen LogP contribution in [0.25, 0.3) is 0 Å². The van der Waals surface area contributed by atoms with Gasteiger partial charge in [0.15, 0.2) is 0 Å². The molecule has 10 nitrogen and oxygen atoms in total. The quantitative estimate of drug-likeness (QED) is 0.485. The van der Waals surface area contributed by atoms with Crippen LogP contribution in [0.3, 0.4) is 0 Å². The molecule has 33 heavy (non-hydrogen) atoms. The van der Waals surface area contributed by atoms with Crippen LogP contribution in [-0.4, -0.2) is 85.3 Å². The zero-order valence-electron chi connectivity index (χ0n) is 19.9. The minimum Gasteiger partial charge on any atom is -0.462 e. The predicted molar refractivity (Wildman–Crippen MR) is 121 cm³/mol. The van der Waals surface area contributed by atoms with Crippen molar-refractivity contribution in [3.8, 4) is 0 Å². The Morgan fingerprint density at radius 2 is 1.33 bits per heavy atom. The standard InChI is InChI=1S/C23H33N3O7/c1-6-31-20(28)16-12-17(21(29)32-7-2)14-18(13-16)24-15-19(27)25-8-10-26(11-9-25)22(30)33-23(3,4)5/h12-14,24H,6-11,15H2,1-5H3. The zero-order chi connectivity index (χ0) is 24.6. The maximum atomic E-state index is 12.7. The van der Waals surface area contributed by atoms with Crippen molar-refractivity contribution < 1.29 is 33.4 Å². The number of nitrogens with one attached hydrogen (secondary N) is 1. The second kappa shape index (κ2) is 11.5. The number of rotatable bonds is 7. The average molecular weight is 464 g/mol. The topological polar surface area (TPSA) is 114 Å². The van der Waals surface area contributed by atoms with Crippen LogP contribution in [0.1, 0.15) is 55.3 Å². The van der Waals surface area contributed by atoms with E-state index in [9.17, 15) is 19.2 Å². The second-order valence-corrected chi connectivity index (χ2v) is 8.44. The molecule has 1 aromatic rings. The Labute approximate surface area is 194 Å². The van der Waals surface area contributed by atoms with Gasteiger partial charge in [0.1, 0.15) is 5.60 Å². The summed E-state index contributed by atoms with van der Waals surface area (Å²) in [5, 5.41) is 2.97. The SMILES string of the molecule is CCOC(=O)c1cc(NCC(=O)N2CCN(C(=O)OC(C)(C)C)CC2)cc(C(=O)OCC)c1. The fourth-order valence-corrected chi connectivity index (χ4v) is 3.15. The molecule has 0 atom stereocenters. The van der Waals surface area contributed by atoms with E-state index in [0.717, 1.165) is 0 Å². The number of carbonyl (C=O) groups excluding carboxylic acids is 4. The van der Waals surface area contributed by atoms with E-state index in [1.807, 2.05) is 0 Å². The molecule has 0 unspecified atom stereocenters. The lowest BCUT2D eigenvalue weighted by molar-refractivity contribution is -0.131. The van der Waals surface area contributed by atoms with Crippen molar-refractivity contribution in [3.63, 3.8) is 0 Å². The summed E-state index contributed by atoms with van der Waals surface area (Å²) in [6, 6.07) is 4.45. The molecular formula is C23H33N3O7. The van der Waals surface area contributed by atoms with Crippen LogP contribution in [0.4, 0.5) is 10.5 Å². The fourth-order valence-electron chi connectivity index (χ4n) is 3.15. The van der Waals surface area contributed by atoms with Gasteiger partial charge in [0.25, 0.3) is 0 Å². The number of nitrogens with zero attached hydrogens (tertiary/aromatic N) is 2. The third-order valence-corrected chi connectivity index (χ3v) is 4.68. The number of amides is 2. The van der Waals surface area contributed by atoms with E-state index in [1.54, 1.807) is 44.4 Å². The van der Waals surface area contributed by atoms with E-state index in [0.29, 0.717) is 31.9 Å². The Hall–Kier alpha value is -3.30. The van der Waals surface area contributed by atoms with Crippen molar-refractivity contribution in [2.24, 2.45) is 0 Å². The number of hydrogen-bond acceptors (Lipinski definition) is 8. The molecule has 1 aliphatic heterocycles. The van der Waals surface area contributed by atoms with Gasteiger partial charge in [-0.2, -0.15) is 0 Å². The molecule has 1 N–H and O–H groups in total. The highest BCUT2D eigenvalue weighted by molar-refractivity contribution is 5.97. The summed E-state index contributed by atoms with van der Waals surface area (Å²) in [4.78, 5) is 52.4. The number of esters is 2. The summed E-state index contributed by atoms with van der Waals surface area (Å²) in [6.45, 7) is 10.7. The van der Waals surface area contributed by atoms with Gasteiger partial charge in [-0.05, 0) is 52.8 Å². The molecule has 1 fully saturated rings. The zero-order valence-corrected chi connectivity index (χ0v) is 19.9. The summed E-state index contributed by atoms with van der Waals surface area (Å²) < 4.78 is 15.4. The molecule has 1 aliphatic rings. The van der Waals surface area contributed by atoms with Crippen molar-refractivity contribution in [2.45, 2.75) is 40.2 Å². The van der Waals surface area contributed by atoms with Gasteiger partial charge in [0.05, 0.1) is 30.9 Å². The molecule has 0 aromatic heterocycles. The number of anilines is 1. The first kappa shape index (κ1) is 26.0. The maximum Gasteiger partial charge on any atom is 0.410 e. The molecule has 2 rings (SSSR count). The van der Waals surface area contributed by atoms with E-state index in [1.165, 1.54) is 18.2 Å². The Kier molecular flexibility index (Phi) is 9.07. The van der Waals surface area contributed by atoms with Crippen molar-refractivity contribution in [2.75, 3.05) is 51.3 Å². The average Bonchev–Trinajstić information content (AvgIpc) is 2.76. The molecular weight excluding hydrogens is 430 g/mol. The van der Waals surface area contributed by atoms with Crippen molar-refractivity contribution in [3.05, 3.63) is 29.3 Å². The molecule has 182 valence electrons. The summed E-state index contributed by atoms with van der Waals surface area (Å²) >= 11 is 0. The van der Waals surface area contributed by atoms with E-state index in [4.69, 9.17) is 14.2 Å². The van der Waals surface area contributed by atoms with E-state index < -0.39 is 23.6 Å². The second-order valence-electron chi connectivity index (χ2n) is 8.44. The summed E-state index contributed by atoms with van der Waals surface area (Å²) in [5.41, 5.74) is 0.213. The van der Waals surface area contributed by atoms with Crippen LogP contribution in [0.15, 0.2) is 18.2 Å². The Morgan fingerprint density at radius 3 is 1.79 bits per heavy atom. The van der Waals surface area contributed by atoms with Gasteiger partial charge >= 0.3 is 18.0 Å². The number of carbonyl (C=O) groups is 4. The van der Waals surface area contributed by atoms with Crippen LogP contribution in [0, 0.1) is 0 Å². The van der Waals surface area contributed by atoms with Gasteiger partial charge in [0, 0.05) is 31.9 Å². The summed E-state index contributed by atoms with van der Waals surface area (Å²) in [6.07, 6.45) is -0.394. The Morgan fingerprint density at radius 1 is 0.848 bits per heavy atom. The molecule has 1 saturated heterocycles. The molecule has 1 heterocycles. The maximum absolute atomic E-state index is 12.7. The lowest BCUT2D eigenvalue weighted by Gasteiger charge is -2.35. The Bertz CT molecular complexity index is 835. The highest BCUT2D eigenvalue weighted by atomic mass is 16.6.